The normalized spacial score (nSPS) is 10.8. The van der Waals surface area contributed by atoms with Crippen molar-refractivity contribution in [2.45, 2.75) is 12.6 Å². The van der Waals surface area contributed by atoms with Crippen LogP contribution in [0.4, 0.5) is 29.3 Å². The molecule has 0 saturated carbocycles. The lowest BCUT2D eigenvalue weighted by molar-refractivity contribution is -0.137. The van der Waals surface area contributed by atoms with Crippen LogP contribution in [0.25, 0.3) is 0 Å². The molecular weight excluding hydrogens is 335 g/mol. The first-order chi connectivity index (χ1) is 11.8. The van der Waals surface area contributed by atoms with Gasteiger partial charge in [0.2, 0.25) is 5.91 Å². The Kier molecular flexibility index (Phi) is 5.99. The Balaban J connectivity index is 1.76. The largest absolute Gasteiger partial charge is 0.416 e. The van der Waals surface area contributed by atoms with Crippen LogP contribution in [-0.2, 0) is 11.0 Å². The van der Waals surface area contributed by atoms with E-state index in [1.54, 1.807) is 30.3 Å². The number of hydrogen-bond acceptors (Lipinski definition) is 2. The maximum Gasteiger partial charge on any atom is 0.416 e. The summed E-state index contributed by atoms with van der Waals surface area (Å²) >= 11 is 0. The molecule has 0 aromatic heterocycles. The van der Waals surface area contributed by atoms with Crippen molar-refractivity contribution in [2.75, 3.05) is 17.2 Å². The van der Waals surface area contributed by atoms with E-state index in [2.05, 4.69) is 16.0 Å². The van der Waals surface area contributed by atoms with Gasteiger partial charge in [-0.25, -0.2) is 4.79 Å². The van der Waals surface area contributed by atoms with Gasteiger partial charge in [0.25, 0.3) is 0 Å². The van der Waals surface area contributed by atoms with Gasteiger partial charge < -0.3 is 16.0 Å². The Morgan fingerprint density at radius 2 is 1.56 bits per heavy atom. The predicted octanol–water partition coefficient (Wildman–Crippen LogP) is 3.86. The second-order valence-electron chi connectivity index (χ2n) is 5.12. The average molecular weight is 351 g/mol. The number of anilines is 2. The van der Waals surface area contributed by atoms with Crippen molar-refractivity contribution < 1.29 is 22.8 Å². The standard InChI is InChI=1S/C17H16F3N3O2/c18-17(19,20)12-5-4-8-14(11-12)22-15(24)9-10-21-16(25)23-13-6-2-1-3-7-13/h1-8,11H,9-10H2,(H,22,24)(H2,21,23,25). The molecule has 2 aromatic carbocycles. The Morgan fingerprint density at radius 3 is 2.24 bits per heavy atom. The fourth-order valence-corrected chi connectivity index (χ4v) is 1.98. The van der Waals surface area contributed by atoms with Crippen molar-refractivity contribution in [1.82, 2.24) is 5.32 Å². The molecule has 0 aliphatic heterocycles. The van der Waals surface area contributed by atoms with Gasteiger partial charge >= 0.3 is 12.2 Å². The second kappa shape index (κ2) is 8.18. The fourth-order valence-electron chi connectivity index (χ4n) is 1.98. The van der Waals surface area contributed by atoms with Gasteiger partial charge in [-0.2, -0.15) is 13.2 Å². The Bertz CT molecular complexity index is 733. The Morgan fingerprint density at radius 1 is 0.880 bits per heavy atom. The smallest absolute Gasteiger partial charge is 0.337 e. The summed E-state index contributed by atoms with van der Waals surface area (Å²) in [5, 5.41) is 7.44. The third-order valence-electron chi connectivity index (χ3n) is 3.14. The van der Waals surface area contributed by atoms with Crippen LogP contribution in [0, 0.1) is 0 Å². The lowest BCUT2D eigenvalue weighted by Gasteiger charge is -2.10. The van der Waals surface area contributed by atoms with E-state index < -0.39 is 23.7 Å². The highest BCUT2D eigenvalue weighted by Gasteiger charge is 2.30. The number of carbonyl (C=O) groups is 2. The van der Waals surface area contributed by atoms with Crippen molar-refractivity contribution in [3.8, 4) is 0 Å². The molecule has 0 heterocycles. The summed E-state index contributed by atoms with van der Waals surface area (Å²) < 4.78 is 37.8. The van der Waals surface area contributed by atoms with Crippen LogP contribution in [0.2, 0.25) is 0 Å². The molecule has 8 heteroatoms. The van der Waals surface area contributed by atoms with Gasteiger partial charge in [-0.15, -0.1) is 0 Å². The lowest BCUT2D eigenvalue weighted by Crippen LogP contribution is -2.31. The molecule has 132 valence electrons. The number of rotatable bonds is 5. The predicted molar refractivity (Wildman–Crippen MR) is 88.2 cm³/mol. The first-order valence-corrected chi connectivity index (χ1v) is 7.41. The maximum atomic E-state index is 12.6. The van der Waals surface area contributed by atoms with Crippen LogP contribution in [-0.4, -0.2) is 18.5 Å². The summed E-state index contributed by atoms with van der Waals surface area (Å²) in [7, 11) is 0. The highest BCUT2D eigenvalue weighted by atomic mass is 19.4. The molecule has 0 bridgehead atoms. The molecule has 3 amide bonds. The number of benzene rings is 2. The summed E-state index contributed by atoms with van der Waals surface area (Å²) in [6.07, 6.45) is -4.55. The van der Waals surface area contributed by atoms with E-state index in [-0.39, 0.29) is 18.7 Å². The van der Waals surface area contributed by atoms with E-state index in [9.17, 15) is 22.8 Å². The molecule has 0 aliphatic carbocycles. The van der Waals surface area contributed by atoms with Crippen LogP contribution in [0.1, 0.15) is 12.0 Å². The number of nitrogens with one attached hydrogen (secondary N) is 3. The molecule has 25 heavy (non-hydrogen) atoms. The van der Waals surface area contributed by atoms with Crippen molar-refractivity contribution >= 4 is 23.3 Å². The van der Waals surface area contributed by atoms with Gasteiger partial charge in [0, 0.05) is 24.3 Å². The van der Waals surface area contributed by atoms with Crippen molar-refractivity contribution in [1.29, 1.82) is 0 Å². The zero-order valence-electron chi connectivity index (χ0n) is 13.1. The lowest BCUT2D eigenvalue weighted by atomic mass is 10.2. The molecule has 0 radical (unpaired) electrons. The third kappa shape index (κ3) is 6.17. The molecule has 0 atom stereocenters. The summed E-state index contributed by atoms with van der Waals surface area (Å²) in [6, 6.07) is 12.6. The van der Waals surface area contributed by atoms with Crippen molar-refractivity contribution in [2.24, 2.45) is 0 Å². The minimum Gasteiger partial charge on any atom is -0.337 e. The number of para-hydroxylation sites is 1. The van der Waals surface area contributed by atoms with E-state index in [4.69, 9.17) is 0 Å². The van der Waals surface area contributed by atoms with Crippen molar-refractivity contribution in [3.63, 3.8) is 0 Å². The molecule has 0 spiro atoms. The summed E-state index contributed by atoms with van der Waals surface area (Å²) in [5.74, 6) is -0.501. The van der Waals surface area contributed by atoms with E-state index in [1.165, 1.54) is 12.1 Å². The molecule has 2 aromatic rings. The number of hydrogen-bond donors (Lipinski definition) is 3. The minimum atomic E-state index is -4.47. The number of amides is 3. The van der Waals surface area contributed by atoms with Crippen LogP contribution >= 0.6 is 0 Å². The van der Waals surface area contributed by atoms with Gasteiger partial charge in [-0.3, -0.25) is 4.79 Å². The number of alkyl halides is 3. The zero-order valence-corrected chi connectivity index (χ0v) is 13.1. The monoisotopic (exact) mass is 351 g/mol. The topological polar surface area (TPSA) is 70.2 Å². The van der Waals surface area contributed by atoms with E-state index in [0.29, 0.717) is 5.69 Å². The van der Waals surface area contributed by atoms with Gasteiger partial charge in [0.15, 0.2) is 0 Å². The number of carbonyl (C=O) groups excluding carboxylic acids is 2. The summed E-state index contributed by atoms with van der Waals surface area (Å²) in [4.78, 5) is 23.4. The minimum absolute atomic E-state index is 0.0451. The van der Waals surface area contributed by atoms with E-state index in [0.717, 1.165) is 12.1 Å². The molecule has 0 fully saturated rings. The van der Waals surface area contributed by atoms with Gasteiger partial charge in [0.05, 0.1) is 5.56 Å². The first kappa shape index (κ1) is 18.3. The highest BCUT2D eigenvalue weighted by Crippen LogP contribution is 2.30. The molecule has 0 unspecified atom stereocenters. The van der Waals surface area contributed by atoms with E-state index >= 15 is 0 Å². The Hall–Kier alpha value is -3.03. The van der Waals surface area contributed by atoms with Crippen LogP contribution < -0.4 is 16.0 Å². The van der Waals surface area contributed by atoms with Crippen molar-refractivity contribution in [3.05, 3.63) is 60.2 Å². The molecule has 3 N–H and O–H groups in total. The first-order valence-electron chi connectivity index (χ1n) is 7.41. The fraction of sp³-hybridized carbons (Fsp3) is 0.176. The molecule has 0 aliphatic rings. The second-order valence-corrected chi connectivity index (χ2v) is 5.12. The molecule has 5 nitrogen and oxygen atoms in total. The van der Waals surface area contributed by atoms with Crippen LogP contribution in [0.3, 0.4) is 0 Å². The van der Waals surface area contributed by atoms with E-state index in [1.807, 2.05) is 0 Å². The maximum absolute atomic E-state index is 12.6. The van der Waals surface area contributed by atoms with Crippen LogP contribution in [0.5, 0.6) is 0 Å². The van der Waals surface area contributed by atoms with Crippen LogP contribution in [0.15, 0.2) is 54.6 Å². The number of urea groups is 1. The Labute approximate surface area is 142 Å². The SMILES string of the molecule is O=C(CCNC(=O)Nc1ccccc1)Nc1cccc(C(F)(F)F)c1. The third-order valence-corrected chi connectivity index (χ3v) is 3.14. The highest BCUT2D eigenvalue weighted by molar-refractivity contribution is 5.92. The molecule has 2 rings (SSSR count). The molecule has 0 saturated heterocycles. The molecular formula is C17H16F3N3O2. The number of halogens is 3. The summed E-state index contributed by atoms with van der Waals surface area (Å²) in [6.45, 7) is 0.0451. The van der Waals surface area contributed by atoms with Gasteiger partial charge in [-0.1, -0.05) is 24.3 Å². The van der Waals surface area contributed by atoms with Gasteiger partial charge in [0.1, 0.15) is 0 Å². The zero-order chi connectivity index (χ0) is 18.3. The summed E-state index contributed by atoms with van der Waals surface area (Å²) in [5.41, 5.74) is -0.187. The average Bonchev–Trinajstić information content (AvgIpc) is 2.55. The quantitative estimate of drug-likeness (QED) is 0.766. The van der Waals surface area contributed by atoms with Gasteiger partial charge in [-0.05, 0) is 30.3 Å².